The number of nitrogens with two attached hydrogens (primary N) is 2. The maximum Gasteiger partial charge on any atom is 0.309 e. The number of rotatable bonds is 0. The number of carbonyl (C=O) groups excluding carboxylic acids is 1. The van der Waals surface area contributed by atoms with Crippen LogP contribution in [0.5, 0.6) is 0 Å². The van der Waals surface area contributed by atoms with Gasteiger partial charge in [0.25, 0.3) is 5.09 Å². The second-order valence-electron chi connectivity index (χ2n) is 0.640. The van der Waals surface area contributed by atoms with Crippen molar-refractivity contribution in [3.05, 3.63) is 10.1 Å². The van der Waals surface area contributed by atoms with E-state index in [1.165, 1.54) is 0 Å². The molecule has 56 valence electrons. The Hall–Kier alpha value is -1.01. The third-order valence-electron chi connectivity index (χ3n) is 0. The topological polar surface area (TPSA) is 132 Å². The Kier molecular flexibility index (Phi) is 17.5. The predicted octanol–water partition coefficient (Wildman–Crippen LogP) is -1.33. The van der Waals surface area contributed by atoms with Gasteiger partial charge in [-0.05, 0) is 0 Å². The maximum absolute atomic E-state index is 9.00. The van der Waals surface area contributed by atoms with Gasteiger partial charge in [-0.15, -0.1) is 10.1 Å². The molecule has 0 aromatic carbocycles. The Balaban J connectivity index is -0.0000000720. The molecule has 0 aliphatic carbocycles. The third-order valence-corrected chi connectivity index (χ3v) is 0. The molecule has 7 nitrogen and oxygen atoms in total. The third kappa shape index (κ3) is 170. The van der Waals surface area contributed by atoms with Crippen LogP contribution in [0.1, 0.15) is 0 Å². The molecule has 0 heterocycles. The number of primary amides is 2. The van der Waals surface area contributed by atoms with Gasteiger partial charge in [0, 0.05) is 17.1 Å². The summed E-state index contributed by atoms with van der Waals surface area (Å²) in [6, 6.07) is -0.833. The Bertz CT molecular complexity index is 73.8. The van der Waals surface area contributed by atoms with Gasteiger partial charge in [-0.2, -0.15) is 0 Å². The van der Waals surface area contributed by atoms with E-state index in [0.29, 0.717) is 0 Å². The van der Waals surface area contributed by atoms with Crippen molar-refractivity contribution < 1.29 is 32.2 Å². The average molecular weight is 179 g/mol. The molecule has 0 aliphatic rings. The monoisotopic (exact) mass is 179 g/mol. The molecular weight excluding hydrogens is 174 g/mol. The first-order valence-corrected chi connectivity index (χ1v) is 1.35. The minimum absolute atomic E-state index is 0. The van der Waals surface area contributed by atoms with Crippen LogP contribution in [-0.4, -0.2) is 16.3 Å². The maximum atomic E-state index is 9.00. The Morgan fingerprint density at radius 3 is 1.56 bits per heavy atom. The fraction of sp³-hybridized carbons (Fsp3) is 0. The minimum atomic E-state index is -1.50. The fourth-order valence-corrected chi connectivity index (χ4v) is 0. The van der Waals surface area contributed by atoms with Crippen LogP contribution in [0.15, 0.2) is 0 Å². The predicted molar refractivity (Wildman–Crippen MR) is 22.6 cm³/mol. The van der Waals surface area contributed by atoms with Gasteiger partial charge in [0.2, 0.25) is 0 Å². The van der Waals surface area contributed by atoms with Gasteiger partial charge in [0.1, 0.15) is 0 Å². The van der Waals surface area contributed by atoms with Crippen molar-refractivity contribution in [2.24, 2.45) is 11.5 Å². The summed E-state index contributed by atoms with van der Waals surface area (Å²) in [6.07, 6.45) is 0. The van der Waals surface area contributed by atoms with E-state index in [9.17, 15) is 0 Å². The van der Waals surface area contributed by atoms with Gasteiger partial charge < -0.3 is 16.7 Å². The van der Waals surface area contributed by atoms with E-state index >= 15 is 0 Å². The molecule has 9 heavy (non-hydrogen) atoms. The molecule has 0 aliphatic heterocycles. The van der Waals surface area contributed by atoms with Crippen molar-refractivity contribution in [3.8, 4) is 0 Å². The van der Waals surface area contributed by atoms with Crippen LogP contribution in [0.4, 0.5) is 4.79 Å². The first kappa shape index (κ1) is 15.7. The van der Waals surface area contributed by atoms with Gasteiger partial charge >= 0.3 is 6.03 Å². The summed E-state index contributed by atoms with van der Waals surface area (Å²) in [6.45, 7) is 0. The molecule has 0 aromatic heterocycles. The number of hydrogen-bond acceptors (Lipinski definition) is 3. The zero-order valence-corrected chi connectivity index (χ0v) is 5.23. The number of nitrogens with zero attached hydrogens (tertiary/aromatic N) is 1. The largest absolute Gasteiger partial charge is 0.352 e. The Morgan fingerprint density at radius 1 is 1.56 bits per heavy atom. The molecule has 0 rings (SSSR count). The summed E-state index contributed by atoms with van der Waals surface area (Å²) in [5.41, 5.74) is 8.50. The first-order valence-electron chi connectivity index (χ1n) is 1.35. The standard InChI is InChI=1S/CH4N2O.Fe.HNO3/c2-1(3)4;;2-1(3)4/h(H4,2,3,4);;(H,2,3,4). The zero-order chi connectivity index (χ0) is 7.15. The molecule has 0 aromatic rings. The van der Waals surface area contributed by atoms with Crippen molar-refractivity contribution in [2.45, 2.75) is 0 Å². The fourth-order valence-electron chi connectivity index (χ4n) is 0. The SMILES string of the molecule is NC(N)=O.O=[N+]([O-])O.[Fe]. The molecule has 0 radical (unpaired) electrons. The number of carbonyl (C=O) groups is 1. The number of urea groups is 1. The second-order valence-corrected chi connectivity index (χ2v) is 0.640. The van der Waals surface area contributed by atoms with Gasteiger partial charge in [-0.1, -0.05) is 0 Å². The van der Waals surface area contributed by atoms with Crippen LogP contribution >= 0.6 is 0 Å². The molecule has 8 heteroatoms. The van der Waals surface area contributed by atoms with E-state index in [4.69, 9.17) is 20.1 Å². The van der Waals surface area contributed by atoms with Crippen LogP contribution in [0, 0.1) is 10.1 Å². The summed E-state index contributed by atoms with van der Waals surface area (Å²) >= 11 is 0. The van der Waals surface area contributed by atoms with Crippen molar-refractivity contribution in [3.63, 3.8) is 0 Å². The Morgan fingerprint density at radius 2 is 1.56 bits per heavy atom. The molecule has 0 saturated heterocycles. The quantitative estimate of drug-likeness (QED) is 0.241. The molecule has 0 spiro atoms. The normalized spacial score (nSPS) is 5.33. The van der Waals surface area contributed by atoms with Gasteiger partial charge in [-0.3, -0.25) is 0 Å². The minimum Gasteiger partial charge on any atom is -0.352 e. The van der Waals surface area contributed by atoms with Crippen molar-refractivity contribution in [2.75, 3.05) is 0 Å². The molecule has 0 fully saturated rings. The van der Waals surface area contributed by atoms with E-state index in [-0.39, 0.29) is 17.1 Å². The molecule has 2 amide bonds. The zero-order valence-electron chi connectivity index (χ0n) is 4.13. The van der Waals surface area contributed by atoms with Gasteiger partial charge in [-0.25, -0.2) is 4.79 Å². The van der Waals surface area contributed by atoms with E-state index < -0.39 is 11.1 Å². The van der Waals surface area contributed by atoms with Gasteiger partial charge in [0.15, 0.2) is 0 Å². The smallest absolute Gasteiger partial charge is 0.309 e. The van der Waals surface area contributed by atoms with Crippen LogP contribution in [0.25, 0.3) is 0 Å². The molecule has 0 unspecified atom stereocenters. The summed E-state index contributed by atoms with van der Waals surface area (Å²) in [5.74, 6) is 0. The van der Waals surface area contributed by atoms with Crippen molar-refractivity contribution in [1.29, 1.82) is 0 Å². The van der Waals surface area contributed by atoms with Crippen LogP contribution in [0.3, 0.4) is 0 Å². The summed E-state index contributed by atoms with van der Waals surface area (Å²) < 4.78 is 0. The van der Waals surface area contributed by atoms with Gasteiger partial charge in [0.05, 0.1) is 0 Å². The van der Waals surface area contributed by atoms with Crippen LogP contribution in [0.2, 0.25) is 0 Å². The summed E-state index contributed by atoms with van der Waals surface area (Å²) in [7, 11) is 0. The van der Waals surface area contributed by atoms with E-state index in [2.05, 4.69) is 11.5 Å². The molecule has 0 bridgehead atoms. The van der Waals surface area contributed by atoms with E-state index in [1.807, 2.05) is 0 Å². The summed E-state index contributed by atoms with van der Waals surface area (Å²) in [5, 5.41) is 13.6. The number of hydrogen-bond donors (Lipinski definition) is 3. The molecular formula is CH5FeN3O4. The van der Waals surface area contributed by atoms with Crippen LogP contribution in [-0.2, 0) is 17.1 Å². The average Bonchev–Trinajstić information content (AvgIpc) is 1.25. The second kappa shape index (κ2) is 10.1. The molecule has 0 atom stereocenters. The first-order chi connectivity index (χ1) is 3.46. The van der Waals surface area contributed by atoms with Crippen molar-refractivity contribution in [1.82, 2.24) is 0 Å². The van der Waals surface area contributed by atoms with Crippen LogP contribution < -0.4 is 11.5 Å². The van der Waals surface area contributed by atoms with E-state index in [0.717, 1.165) is 0 Å². The Labute approximate surface area is 60.6 Å². The summed E-state index contributed by atoms with van der Waals surface area (Å²) in [4.78, 5) is 17.4. The van der Waals surface area contributed by atoms with E-state index in [1.54, 1.807) is 0 Å². The number of amides is 2. The molecule has 5 N–H and O–H groups in total. The van der Waals surface area contributed by atoms with Crippen molar-refractivity contribution >= 4 is 6.03 Å². The molecule has 0 saturated carbocycles.